The molecule has 0 radical (unpaired) electrons. The molecule has 0 bridgehead atoms. The molecular weight excluding hydrogens is 286 g/mol. The van der Waals surface area contributed by atoms with Crippen LogP contribution in [0.2, 0.25) is 0 Å². The van der Waals surface area contributed by atoms with E-state index in [1.807, 2.05) is 24.1 Å². The number of hydrogen-bond acceptors (Lipinski definition) is 4. The van der Waals surface area contributed by atoms with E-state index in [2.05, 4.69) is 10.3 Å². The number of piperazine rings is 1. The molecule has 114 valence electrons. The lowest BCUT2D eigenvalue weighted by atomic mass is 9.87. The summed E-state index contributed by atoms with van der Waals surface area (Å²) in [4.78, 5) is 31.7. The molecular formula is C15H21N3O2S. The fourth-order valence-electron chi connectivity index (χ4n) is 3.44. The second kappa shape index (κ2) is 5.40. The Labute approximate surface area is 128 Å². The van der Waals surface area contributed by atoms with Crippen LogP contribution in [0.25, 0.3) is 0 Å². The minimum atomic E-state index is -0.645. The minimum Gasteiger partial charge on any atom is -0.342 e. The number of nitrogens with one attached hydrogen (secondary N) is 1. The minimum absolute atomic E-state index is 0.0230. The van der Waals surface area contributed by atoms with Gasteiger partial charge in [-0.25, -0.2) is 4.98 Å². The molecule has 3 rings (SSSR count). The van der Waals surface area contributed by atoms with Crippen molar-refractivity contribution >= 4 is 23.2 Å². The zero-order chi connectivity index (χ0) is 15.0. The van der Waals surface area contributed by atoms with Crippen LogP contribution >= 0.6 is 11.3 Å². The molecule has 5 nitrogen and oxygen atoms in total. The predicted octanol–water partition coefficient (Wildman–Crippen LogP) is 1.94. The molecule has 1 aliphatic heterocycles. The van der Waals surface area contributed by atoms with Crippen LogP contribution in [-0.2, 0) is 16.1 Å². The maximum Gasteiger partial charge on any atom is 0.246 e. The highest BCUT2D eigenvalue weighted by molar-refractivity contribution is 7.09. The highest BCUT2D eigenvalue weighted by Gasteiger charge is 2.54. The van der Waals surface area contributed by atoms with E-state index in [1.165, 1.54) is 11.3 Å². The molecule has 1 aromatic rings. The Kier molecular flexibility index (Phi) is 3.73. The van der Waals surface area contributed by atoms with E-state index in [0.29, 0.717) is 6.54 Å². The maximum absolute atomic E-state index is 12.9. The van der Waals surface area contributed by atoms with Gasteiger partial charge < -0.3 is 10.2 Å². The molecule has 1 saturated carbocycles. The Balaban J connectivity index is 1.95. The third-order valence-corrected chi connectivity index (χ3v) is 5.40. The van der Waals surface area contributed by atoms with Gasteiger partial charge in [0.25, 0.3) is 0 Å². The molecule has 2 aliphatic rings. The first-order valence-corrected chi connectivity index (χ1v) is 8.43. The summed E-state index contributed by atoms with van der Waals surface area (Å²) in [6.45, 7) is 4.39. The van der Waals surface area contributed by atoms with Crippen molar-refractivity contribution < 1.29 is 9.59 Å². The molecule has 1 spiro atoms. The van der Waals surface area contributed by atoms with Gasteiger partial charge in [-0.05, 0) is 18.8 Å². The lowest BCUT2D eigenvalue weighted by Gasteiger charge is -2.47. The van der Waals surface area contributed by atoms with Crippen LogP contribution in [0.15, 0.2) is 11.6 Å². The first kappa shape index (κ1) is 14.5. The van der Waals surface area contributed by atoms with Crippen LogP contribution in [0.5, 0.6) is 0 Å². The van der Waals surface area contributed by atoms with Crippen LogP contribution in [0.3, 0.4) is 0 Å². The predicted molar refractivity (Wildman–Crippen MR) is 80.6 cm³/mol. The molecule has 6 heteroatoms. The van der Waals surface area contributed by atoms with E-state index in [-0.39, 0.29) is 17.7 Å². The fraction of sp³-hybridized carbons (Fsp3) is 0.667. The molecule has 1 atom stereocenters. The number of nitrogens with zero attached hydrogens (tertiary/aromatic N) is 2. The van der Waals surface area contributed by atoms with Gasteiger partial charge in [0.05, 0.1) is 6.54 Å². The van der Waals surface area contributed by atoms with Gasteiger partial charge in [-0.3, -0.25) is 9.59 Å². The monoisotopic (exact) mass is 307 g/mol. The molecule has 2 fully saturated rings. The summed E-state index contributed by atoms with van der Waals surface area (Å²) in [6.07, 6.45) is 5.28. The lowest BCUT2D eigenvalue weighted by Crippen LogP contribution is -2.70. The average molecular weight is 307 g/mol. The number of carbonyl (C=O) groups is 2. The van der Waals surface area contributed by atoms with Crippen molar-refractivity contribution in [2.24, 2.45) is 5.92 Å². The number of amides is 2. The van der Waals surface area contributed by atoms with Crippen LogP contribution < -0.4 is 5.32 Å². The van der Waals surface area contributed by atoms with Gasteiger partial charge in [-0.1, -0.05) is 26.7 Å². The van der Waals surface area contributed by atoms with Gasteiger partial charge in [0.15, 0.2) is 0 Å². The molecule has 1 aliphatic carbocycles. The summed E-state index contributed by atoms with van der Waals surface area (Å²) < 4.78 is 0. The van der Waals surface area contributed by atoms with Crippen LogP contribution in [0.4, 0.5) is 0 Å². The van der Waals surface area contributed by atoms with Crippen molar-refractivity contribution in [1.82, 2.24) is 15.2 Å². The highest BCUT2D eigenvalue weighted by atomic mass is 32.1. The fourth-order valence-corrected chi connectivity index (χ4v) is 4.05. The van der Waals surface area contributed by atoms with E-state index >= 15 is 0 Å². The topological polar surface area (TPSA) is 62.3 Å². The highest BCUT2D eigenvalue weighted by Crippen LogP contribution is 2.39. The van der Waals surface area contributed by atoms with Gasteiger partial charge in [0.1, 0.15) is 16.6 Å². The van der Waals surface area contributed by atoms with Crippen molar-refractivity contribution in [2.45, 2.75) is 57.7 Å². The van der Waals surface area contributed by atoms with Gasteiger partial charge in [-0.2, -0.15) is 0 Å². The smallest absolute Gasteiger partial charge is 0.246 e. The van der Waals surface area contributed by atoms with Gasteiger partial charge in [0, 0.05) is 11.6 Å². The molecule has 1 aromatic heterocycles. The SMILES string of the molecule is CC(C)C1NC(=O)C2(CCCC2)N(Cc2nccs2)C1=O. The van der Waals surface area contributed by atoms with E-state index in [0.717, 1.165) is 30.7 Å². The quantitative estimate of drug-likeness (QED) is 0.928. The van der Waals surface area contributed by atoms with Crippen molar-refractivity contribution in [3.8, 4) is 0 Å². The summed E-state index contributed by atoms with van der Waals surface area (Å²) in [6, 6.07) is -0.413. The van der Waals surface area contributed by atoms with Crippen molar-refractivity contribution in [3.63, 3.8) is 0 Å². The van der Waals surface area contributed by atoms with Crippen LogP contribution in [-0.4, -0.2) is 33.3 Å². The molecule has 21 heavy (non-hydrogen) atoms. The molecule has 2 heterocycles. The van der Waals surface area contributed by atoms with Crippen LogP contribution in [0, 0.1) is 5.92 Å². The van der Waals surface area contributed by atoms with E-state index in [9.17, 15) is 9.59 Å². The summed E-state index contributed by atoms with van der Waals surface area (Å²) in [5.74, 6) is 0.163. The number of hydrogen-bond donors (Lipinski definition) is 1. The van der Waals surface area contributed by atoms with Crippen LogP contribution in [0.1, 0.15) is 44.5 Å². The Morgan fingerprint density at radius 3 is 2.71 bits per heavy atom. The average Bonchev–Trinajstić information content (AvgIpc) is 3.10. The third-order valence-electron chi connectivity index (χ3n) is 4.63. The number of rotatable bonds is 3. The molecule has 1 saturated heterocycles. The number of thiazole rings is 1. The largest absolute Gasteiger partial charge is 0.342 e. The zero-order valence-corrected chi connectivity index (χ0v) is 13.3. The molecule has 2 amide bonds. The van der Waals surface area contributed by atoms with Crippen molar-refractivity contribution in [3.05, 3.63) is 16.6 Å². The zero-order valence-electron chi connectivity index (χ0n) is 12.5. The first-order chi connectivity index (χ1) is 10.0. The second-order valence-corrected chi connectivity index (χ2v) is 7.26. The Hall–Kier alpha value is -1.43. The van der Waals surface area contributed by atoms with E-state index in [1.54, 1.807) is 6.20 Å². The third kappa shape index (κ3) is 2.35. The van der Waals surface area contributed by atoms with E-state index in [4.69, 9.17) is 0 Å². The number of aromatic nitrogens is 1. The normalized spacial score (nSPS) is 24.9. The molecule has 0 aromatic carbocycles. The molecule has 1 unspecified atom stereocenters. The maximum atomic E-state index is 12.9. The summed E-state index contributed by atoms with van der Waals surface area (Å²) in [5.41, 5.74) is -0.645. The van der Waals surface area contributed by atoms with Gasteiger partial charge in [-0.15, -0.1) is 11.3 Å². The van der Waals surface area contributed by atoms with Crippen molar-refractivity contribution in [2.75, 3.05) is 0 Å². The standard InChI is InChI=1S/C15H21N3O2S/c1-10(2)12-13(19)18(9-11-16-7-8-21-11)15(14(20)17-12)5-3-4-6-15/h7-8,10,12H,3-6,9H2,1-2H3,(H,17,20). The van der Waals surface area contributed by atoms with Gasteiger partial charge in [0.2, 0.25) is 11.8 Å². The Morgan fingerprint density at radius 1 is 1.43 bits per heavy atom. The first-order valence-electron chi connectivity index (χ1n) is 7.55. The van der Waals surface area contributed by atoms with E-state index < -0.39 is 11.6 Å². The van der Waals surface area contributed by atoms with Gasteiger partial charge >= 0.3 is 0 Å². The summed E-state index contributed by atoms with van der Waals surface area (Å²) in [5, 5.41) is 5.76. The van der Waals surface area contributed by atoms with Crippen molar-refractivity contribution in [1.29, 1.82) is 0 Å². The second-order valence-electron chi connectivity index (χ2n) is 6.28. The Bertz CT molecular complexity index is 535. The lowest BCUT2D eigenvalue weighted by molar-refractivity contribution is -0.159. The summed E-state index contributed by atoms with van der Waals surface area (Å²) >= 11 is 1.53. The Morgan fingerprint density at radius 2 is 2.14 bits per heavy atom. The molecule has 1 N–H and O–H groups in total. The summed E-state index contributed by atoms with van der Waals surface area (Å²) in [7, 11) is 0. The number of carbonyl (C=O) groups excluding carboxylic acids is 2.